The van der Waals surface area contributed by atoms with Crippen molar-refractivity contribution >= 4 is 17.5 Å². The van der Waals surface area contributed by atoms with Gasteiger partial charge in [0.15, 0.2) is 11.5 Å². The summed E-state index contributed by atoms with van der Waals surface area (Å²) in [7, 11) is 0. The number of benzene rings is 1. The molecule has 0 bridgehead atoms. The van der Waals surface area contributed by atoms with Crippen LogP contribution in [0.25, 0.3) is 0 Å². The monoisotopic (exact) mass is 241 g/mol. The fourth-order valence-electron chi connectivity index (χ4n) is 1.52. The van der Waals surface area contributed by atoms with Crippen LogP contribution in [0.3, 0.4) is 0 Å². The summed E-state index contributed by atoms with van der Waals surface area (Å²) in [6.45, 7) is 2.67. The van der Waals surface area contributed by atoms with E-state index in [1.807, 2.05) is 19.1 Å². The van der Waals surface area contributed by atoms with Crippen LogP contribution in [-0.2, 0) is 11.3 Å². The zero-order chi connectivity index (χ0) is 11.5. The summed E-state index contributed by atoms with van der Waals surface area (Å²) in [6, 6.07) is 3.79. The van der Waals surface area contributed by atoms with Crippen molar-refractivity contribution in [3.05, 3.63) is 23.3 Å². The number of aryl methyl sites for hydroxylation is 1. The number of hydrogen-bond donors (Lipinski definition) is 1. The Labute approximate surface area is 98.5 Å². The lowest BCUT2D eigenvalue weighted by atomic mass is 10.1. The molecule has 0 saturated carbocycles. The summed E-state index contributed by atoms with van der Waals surface area (Å²) in [6.07, 6.45) is 0. The SMILES string of the molecule is Cc1cc2c(cc1CNC(=O)CCl)OCO2. The Morgan fingerprint density at radius 3 is 2.81 bits per heavy atom. The van der Waals surface area contributed by atoms with Crippen molar-refractivity contribution < 1.29 is 14.3 Å². The number of carbonyl (C=O) groups excluding carboxylic acids is 1. The molecule has 0 unspecified atom stereocenters. The third kappa shape index (κ3) is 2.22. The summed E-state index contributed by atoms with van der Waals surface area (Å²) in [5.41, 5.74) is 2.06. The van der Waals surface area contributed by atoms with Crippen LogP contribution in [0.4, 0.5) is 0 Å². The molecule has 5 heteroatoms. The second kappa shape index (κ2) is 4.61. The van der Waals surface area contributed by atoms with E-state index in [-0.39, 0.29) is 18.6 Å². The average Bonchev–Trinajstić information content (AvgIpc) is 2.72. The molecule has 1 N–H and O–H groups in total. The molecule has 4 nitrogen and oxygen atoms in total. The van der Waals surface area contributed by atoms with Crippen molar-refractivity contribution in [3.63, 3.8) is 0 Å². The van der Waals surface area contributed by atoms with E-state index in [4.69, 9.17) is 21.1 Å². The average molecular weight is 242 g/mol. The van der Waals surface area contributed by atoms with Gasteiger partial charge in [-0.05, 0) is 30.2 Å². The first-order valence-corrected chi connectivity index (χ1v) is 5.46. The van der Waals surface area contributed by atoms with Gasteiger partial charge in [0.1, 0.15) is 5.88 Å². The van der Waals surface area contributed by atoms with E-state index in [0.717, 1.165) is 22.6 Å². The lowest BCUT2D eigenvalue weighted by Crippen LogP contribution is -2.24. The number of rotatable bonds is 3. The number of carbonyl (C=O) groups is 1. The van der Waals surface area contributed by atoms with Gasteiger partial charge in [-0.3, -0.25) is 4.79 Å². The second-order valence-corrected chi connectivity index (χ2v) is 3.81. The largest absolute Gasteiger partial charge is 0.454 e. The molecule has 1 amide bonds. The zero-order valence-electron chi connectivity index (χ0n) is 8.88. The molecule has 0 aromatic heterocycles. The molecule has 1 heterocycles. The van der Waals surface area contributed by atoms with Crippen molar-refractivity contribution in [1.82, 2.24) is 5.32 Å². The van der Waals surface area contributed by atoms with Gasteiger partial charge in [0, 0.05) is 6.54 Å². The Kier molecular flexibility index (Phi) is 3.19. The first-order valence-electron chi connectivity index (χ1n) is 4.92. The maximum Gasteiger partial charge on any atom is 0.235 e. The van der Waals surface area contributed by atoms with Crippen molar-refractivity contribution in [2.45, 2.75) is 13.5 Å². The predicted molar refractivity (Wildman–Crippen MR) is 59.9 cm³/mol. The van der Waals surface area contributed by atoms with E-state index < -0.39 is 0 Å². The smallest absolute Gasteiger partial charge is 0.235 e. The molecule has 1 aromatic rings. The standard InChI is InChI=1S/C11H12ClNO3/c1-7-2-9-10(16-6-15-9)3-8(7)5-13-11(14)4-12/h2-3H,4-6H2,1H3,(H,13,14). The summed E-state index contributed by atoms with van der Waals surface area (Å²) >= 11 is 5.40. The number of amides is 1. The molecule has 16 heavy (non-hydrogen) atoms. The molecular formula is C11H12ClNO3. The lowest BCUT2D eigenvalue weighted by Gasteiger charge is -2.08. The molecule has 2 rings (SSSR count). The Hall–Kier alpha value is -1.42. The van der Waals surface area contributed by atoms with Crippen molar-refractivity contribution in [2.75, 3.05) is 12.7 Å². The van der Waals surface area contributed by atoms with E-state index in [1.54, 1.807) is 0 Å². The number of nitrogens with one attached hydrogen (secondary N) is 1. The van der Waals surface area contributed by atoms with Crippen LogP contribution in [0.5, 0.6) is 11.5 Å². The number of fused-ring (bicyclic) bond motifs is 1. The molecule has 1 aliphatic rings. The zero-order valence-corrected chi connectivity index (χ0v) is 9.63. The van der Waals surface area contributed by atoms with Crippen LogP contribution in [0, 0.1) is 6.92 Å². The van der Waals surface area contributed by atoms with E-state index in [1.165, 1.54) is 0 Å². The van der Waals surface area contributed by atoms with Gasteiger partial charge in [0.05, 0.1) is 0 Å². The molecule has 0 saturated heterocycles. The molecule has 0 aliphatic carbocycles. The fourth-order valence-corrected chi connectivity index (χ4v) is 1.61. The predicted octanol–water partition coefficient (Wildman–Crippen LogP) is 1.58. The first kappa shape index (κ1) is 11.1. The topological polar surface area (TPSA) is 47.6 Å². The van der Waals surface area contributed by atoms with Crippen LogP contribution < -0.4 is 14.8 Å². The van der Waals surface area contributed by atoms with Gasteiger partial charge in [-0.25, -0.2) is 0 Å². The Morgan fingerprint density at radius 2 is 2.12 bits per heavy atom. The fraction of sp³-hybridized carbons (Fsp3) is 0.364. The molecule has 1 aromatic carbocycles. The minimum Gasteiger partial charge on any atom is -0.454 e. The Balaban J connectivity index is 2.12. The first-order chi connectivity index (χ1) is 7.70. The molecule has 86 valence electrons. The van der Waals surface area contributed by atoms with Crippen LogP contribution in [0.15, 0.2) is 12.1 Å². The van der Waals surface area contributed by atoms with Crippen molar-refractivity contribution in [3.8, 4) is 11.5 Å². The maximum atomic E-state index is 11.0. The van der Waals surface area contributed by atoms with Gasteiger partial charge in [0.2, 0.25) is 12.7 Å². The van der Waals surface area contributed by atoms with Gasteiger partial charge < -0.3 is 14.8 Å². The normalized spacial score (nSPS) is 12.6. The van der Waals surface area contributed by atoms with Crippen molar-refractivity contribution in [1.29, 1.82) is 0 Å². The number of ether oxygens (including phenoxy) is 2. The highest BCUT2D eigenvalue weighted by molar-refractivity contribution is 6.27. The molecule has 0 atom stereocenters. The molecular weight excluding hydrogens is 230 g/mol. The van der Waals surface area contributed by atoms with Crippen LogP contribution in [0.2, 0.25) is 0 Å². The molecule has 1 aliphatic heterocycles. The second-order valence-electron chi connectivity index (χ2n) is 3.54. The highest BCUT2D eigenvalue weighted by Crippen LogP contribution is 2.34. The van der Waals surface area contributed by atoms with Gasteiger partial charge in [0.25, 0.3) is 0 Å². The number of halogens is 1. The van der Waals surface area contributed by atoms with Gasteiger partial charge >= 0.3 is 0 Å². The number of alkyl halides is 1. The van der Waals surface area contributed by atoms with Gasteiger partial charge in [-0.2, -0.15) is 0 Å². The van der Waals surface area contributed by atoms with Crippen LogP contribution in [-0.4, -0.2) is 18.6 Å². The molecule has 0 radical (unpaired) electrons. The van der Waals surface area contributed by atoms with Crippen molar-refractivity contribution in [2.24, 2.45) is 0 Å². The highest BCUT2D eigenvalue weighted by atomic mass is 35.5. The van der Waals surface area contributed by atoms with Gasteiger partial charge in [-0.15, -0.1) is 11.6 Å². The minimum atomic E-state index is -0.182. The minimum absolute atomic E-state index is 0.0242. The van der Waals surface area contributed by atoms with E-state index in [0.29, 0.717) is 6.54 Å². The summed E-state index contributed by atoms with van der Waals surface area (Å²) in [5, 5.41) is 2.71. The lowest BCUT2D eigenvalue weighted by molar-refractivity contribution is -0.118. The Morgan fingerprint density at radius 1 is 1.44 bits per heavy atom. The van der Waals surface area contributed by atoms with E-state index >= 15 is 0 Å². The molecule has 0 spiro atoms. The quantitative estimate of drug-likeness (QED) is 0.818. The summed E-state index contributed by atoms with van der Waals surface area (Å²) in [4.78, 5) is 11.0. The molecule has 0 fully saturated rings. The van der Waals surface area contributed by atoms with E-state index in [9.17, 15) is 4.79 Å². The third-order valence-corrected chi connectivity index (χ3v) is 2.67. The third-order valence-electron chi connectivity index (χ3n) is 2.43. The maximum absolute atomic E-state index is 11.0. The van der Waals surface area contributed by atoms with Crippen LogP contribution in [0.1, 0.15) is 11.1 Å². The Bertz CT molecular complexity index is 420. The van der Waals surface area contributed by atoms with Crippen LogP contribution >= 0.6 is 11.6 Å². The van der Waals surface area contributed by atoms with E-state index in [2.05, 4.69) is 5.32 Å². The highest BCUT2D eigenvalue weighted by Gasteiger charge is 2.15. The summed E-state index contributed by atoms with van der Waals surface area (Å²) < 4.78 is 10.5. The summed E-state index contributed by atoms with van der Waals surface area (Å²) in [5.74, 6) is 1.27. The number of hydrogen-bond acceptors (Lipinski definition) is 3. The van der Waals surface area contributed by atoms with Gasteiger partial charge in [-0.1, -0.05) is 0 Å².